The van der Waals surface area contributed by atoms with Gasteiger partial charge in [-0.15, -0.1) is 11.8 Å². The number of rotatable bonds is 6. The normalized spacial score (nSPS) is 14.9. The van der Waals surface area contributed by atoms with Gasteiger partial charge < -0.3 is 9.64 Å². The third kappa shape index (κ3) is 5.41. The Balaban J connectivity index is 1.48. The Morgan fingerprint density at radius 2 is 1.89 bits per heavy atom. The molecule has 2 heterocycles. The number of alkyl halides is 3. The van der Waals surface area contributed by atoms with E-state index in [1.54, 1.807) is 16.7 Å². The summed E-state index contributed by atoms with van der Waals surface area (Å²) in [4.78, 5) is 18.6. The molecule has 150 valence electrons. The Morgan fingerprint density at radius 1 is 1.21 bits per heavy atom. The largest absolute Gasteiger partial charge is 0.471 e. The molecular weight excluding hydrogens is 389 g/mol. The molecule has 0 unspecified atom stereocenters. The average Bonchev–Trinajstić information content (AvgIpc) is 2.58. The summed E-state index contributed by atoms with van der Waals surface area (Å²) in [5, 5.41) is 0.497. The van der Waals surface area contributed by atoms with Crippen molar-refractivity contribution in [2.75, 3.05) is 13.1 Å². The zero-order valence-electron chi connectivity index (χ0n) is 15.6. The van der Waals surface area contributed by atoms with Crippen LogP contribution in [-0.4, -0.2) is 40.2 Å². The van der Waals surface area contributed by atoms with Crippen molar-refractivity contribution in [3.05, 3.63) is 53.7 Å². The van der Waals surface area contributed by atoms with Crippen LogP contribution >= 0.6 is 11.8 Å². The minimum absolute atomic E-state index is 0.0267. The van der Waals surface area contributed by atoms with E-state index in [1.165, 1.54) is 12.1 Å². The second kappa shape index (κ2) is 8.43. The number of amides is 1. The maximum absolute atomic E-state index is 12.7. The molecule has 3 rings (SSSR count). The maximum Gasteiger partial charge on any atom is 0.433 e. The van der Waals surface area contributed by atoms with Gasteiger partial charge >= 0.3 is 6.18 Å². The molecule has 2 aromatic rings. The number of likely N-dealkylation sites (tertiary alicyclic amines) is 1. The van der Waals surface area contributed by atoms with Crippen LogP contribution in [0.25, 0.3) is 0 Å². The Kier molecular flexibility index (Phi) is 6.17. The highest BCUT2D eigenvalue weighted by molar-refractivity contribution is 7.99. The summed E-state index contributed by atoms with van der Waals surface area (Å²) in [5.41, 5.74) is -0.0571. The molecule has 0 radical (unpaired) electrons. The van der Waals surface area contributed by atoms with Crippen LogP contribution in [0.4, 0.5) is 13.2 Å². The highest BCUT2D eigenvalue weighted by atomic mass is 32.2. The summed E-state index contributed by atoms with van der Waals surface area (Å²) in [7, 11) is 0. The first-order valence-electron chi connectivity index (χ1n) is 8.95. The third-order valence-electron chi connectivity index (χ3n) is 4.15. The molecule has 0 saturated carbocycles. The maximum atomic E-state index is 12.7. The molecule has 1 aromatic heterocycles. The number of halogens is 3. The first-order chi connectivity index (χ1) is 13.2. The summed E-state index contributed by atoms with van der Waals surface area (Å²) >= 11 is 1.76. The van der Waals surface area contributed by atoms with Gasteiger partial charge in [0.1, 0.15) is 11.8 Å². The molecule has 1 aliphatic rings. The van der Waals surface area contributed by atoms with Gasteiger partial charge in [0.15, 0.2) is 0 Å². The van der Waals surface area contributed by atoms with Crippen LogP contribution in [0.3, 0.4) is 0 Å². The highest BCUT2D eigenvalue weighted by Crippen LogP contribution is 2.29. The lowest BCUT2D eigenvalue weighted by Crippen LogP contribution is -2.56. The predicted molar refractivity (Wildman–Crippen MR) is 101 cm³/mol. The molecule has 1 aliphatic heterocycles. The number of ether oxygens (including phenoxy) is 1. The van der Waals surface area contributed by atoms with Gasteiger partial charge in [0.25, 0.3) is 0 Å². The average molecular weight is 410 g/mol. The summed E-state index contributed by atoms with van der Waals surface area (Å²) in [6.07, 6.45) is -4.56. The first-order valence-corrected chi connectivity index (χ1v) is 9.83. The number of pyridine rings is 1. The van der Waals surface area contributed by atoms with Gasteiger partial charge in [-0.05, 0) is 23.8 Å². The highest BCUT2D eigenvalue weighted by Gasteiger charge is 2.35. The van der Waals surface area contributed by atoms with Crippen LogP contribution < -0.4 is 4.74 Å². The van der Waals surface area contributed by atoms with E-state index in [4.69, 9.17) is 4.74 Å². The molecule has 8 heteroatoms. The minimum atomic E-state index is -4.51. The smallest absolute Gasteiger partial charge is 0.433 e. The number of thioether (sulfide) groups is 1. The van der Waals surface area contributed by atoms with Crippen molar-refractivity contribution in [3.63, 3.8) is 0 Å². The summed E-state index contributed by atoms with van der Waals surface area (Å²) < 4.78 is 43.5. The second-order valence-corrected chi connectivity index (χ2v) is 8.53. The number of carbonyl (C=O) groups is 1. The standard InChI is InChI=1S/C20H21F3N2O2S/c1-13(2)28-16-8-6-14(7-9-16)10-19(26)25-11-15(12-25)27-18-5-3-4-17(24-18)20(21,22)23/h3-9,13,15H,10-12H2,1-2H3. The quantitative estimate of drug-likeness (QED) is 0.661. The number of carbonyl (C=O) groups excluding carboxylic acids is 1. The minimum Gasteiger partial charge on any atom is -0.471 e. The van der Waals surface area contributed by atoms with E-state index in [-0.39, 0.29) is 17.9 Å². The fourth-order valence-electron chi connectivity index (χ4n) is 2.77. The molecule has 1 amide bonds. The lowest BCUT2D eigenvalue weighted by Gasteiger charge is -2.38. The van der Waals surface area contributed by atoms with Crippen molar-refractivity contribution in [1.82, 2.24) is 9.88 Å². The Labute approximate surface area is 166 Å². The van der Waals surface area contributed by atoms with E-state index >= 15 is 0 Å². The van der Waals surface area contributed by atoms with E-state index in [2.05, 4.69) is 18.8 Å². The van der Waals surface area contributed by atoms with Crippen molar-refractivity contribution >= 4 is 17.7 Å². The monoisotopic (exact) mass is 410 g/mol. The van der Waals surface area contributed by atoms with E-state index in [9.17, 15) is 18.0 Å². The SMILES string of the molecule is CC(C)Sc1ccc(CC(=O)N2CC(Oc3cccc(C(F)(F)F)n3)C2)cc1. The third-order valence-corrected chi connectivity index (χ3v) is 5.17. The van der Waals surface area contributed by atoms with Crippen LogP contribution in [0.1, 0.15) is 25.1 Å². The summed E-state index contributed by atoms with van der Waals surface area (Å²) in [6, 6.07) is 11.5. The van der Waals surface area contributed by atoms with Crippen molar-refractivity contribution < 1.29 is 22.7 Å². The molecule has 1 fully saturated rings. The molecule has 0 bridgehead atoms. The van der Waals surface area contributed by atoms with Crippen LogP contribution in [0.5, 0.6) is 5.88 Å². The van der Waals surface area contributed by atoms with Gasteiger partial charge in [0, 0.05) is 16.2 Å². The number of benzene rings is 1. The molecule has 4 nitrogen and oxygen atoms in total. The summed E-state index contributed by atoms with van der Waals surface area (Å²) in [5.74, 6) is -0.105. The van der Waals surface area contributed by atoms with Crippen LogP contribution in [0, 0.1) is 0 Å². The lowest BCUT2D eigenvalue weighted by molar-refractivity contribution is -0.141. The lowest BCUT2D eigenvalue weighted by atomic mass is 10.1. The zero-order chi connectivity index (χ0) is 20.3. The molecule has 0 spiro atoms. The number of nitrogens with zero attached hydrogens (tertiary/aromatic N) is 2. The zero-order valence-corrected chi connectivity index (χ0v) is 16.4. The van der Waals surface area contributed by atoms with Gasteiger partial charge in [-0.25, -0.2) is 4.98 Å². The second-order valence-electron chi connectivity index (χ2n) is 6.88. The van der Waals surface area contributed by atoms with Crippen molar-refractivity contribution in [3.8, 4) is 5.88 Å². The topological polar surface area (TPSA) is 42.4 Å². The molecule has 0 atom stereocenters. The number of hydrogen-bond acceptors (Lipinski definition) is 4. The molecule has 1 saturated heterocycles. The van der Waals surface area contributed by atoms with Crippen LogP contribution in [0.2, 0.25) is 0 Å². The van der Waals surface area contributed by atoms with E-state index in [0.29, 0.717) is 24.8 Å². The summed E-state index contributed by atoms with van der Waals surface area (Å²) in [6.45, 7) is 4.94. The van der Waals surface area contributed by atoms with Crippen molar-refractivity contribution in [2.24, 2.45) is 0 Å². The molecular formula is C20H21F3N2O2S. The van der Waals surface area contributed by atoms with E-state index in [1.807, 2.05) is 24.3 Å². The fourth-order valence-corrected chi connectivity index (χ4v) is 3.61. The van der Waals surface area contributed by atoms with Gasteiger partial charge in [-0.3, -0.25) is 4.79 Å². The molecule has 0 N–H and O–H groups in total. The van der Waals surface area contributed by atoms with Gasteiger partial charge in [-0.1, -0.05) is 32.0 Å². The van der Waals surface area contributed by atoms with Crippen molar-refractivity contribution in [1.29, 1.82) is 0 Å². The van der Waals surface area contributed by atoms with Crippen LogP contribution in [0.15, 0.2) is 47.4 Å². The van der Waals surface area contributed by atoms with E-state index in [0.717, 1.165) is 16.5 Å². The van der Waals surface area contributed by atoms with Gasteiger partial charge in [0.2, 0.25) is 11.8 Å². The number of hydrogen-bond donors (Lipinski definition) is 0. The van der Waals surface area contributed by atoms with E-state index < -0.39 is 11.9 Å². The first kappa shape index (κ1) is 20.5. The predicted octanol–water partition coefficient (Wildman–Crippen LogP) is 4.43. The molecule has 0 aliphatic carbocycles. The fraction of sp³-hybridized carbons (Fsp3) is 0.400. The van der Waals surface area contributed by atoms with Gasteiger partial charge in [-0.2, -0.15) is 13.2 Å². The Hall–Kier alpha value is -2.22. The Bertz CT molecular complexity index is 819. The Morgan fingerprint density at radius 3 is 2.50 bits per heavy atom. The molecule has 28 heavy (non-hydrogen) atoms. The number of aromatic nitrogens is 1. The molecule has 1 aromatic carbocycles. The van der Waals surface area contributed by atoms with Gasteiger partial charge in [0.05, 0.1) is 19.5 Å². The van der Waals surface area contributed by atoms with Crippen LogP contribution in [-0.2, 0) is 17.4 Å². The van der Waals surface area contributed by atoms with Crippen molar-refractivity contribution in [2.45, 2.75) is 42.7 Å².